The van der Waals surface area contributed by atoms with Gasteiger partial charge in [0.05, 0.1) is 5.41 Å². The lowest BCUT2D eigenvalue weighted by Gasteiger charge is -2.41. The van der Waals surface area contributed by atoms with Gasteiger partial charge in [-0.1, -0.05) is 243 Å². The van der Waals surface area contributed by atoms with E-state index >= 15 is 0 Å². The molecule has 0 fully saturated rings. The first-order valence-corrected chi connectivity index (χ1v) is 26.1. The van der Waals surface area contributed by atoms with Gasteiger partial charge in [-0.25, -0.2) is 0 Å². The van der Waals surface area contributed by atoms with Crippen LogP contribution < -0.4 is 9.80 Å². The summed E-state index contributed by atoms with van der Waals surface area (Å²) in [6.45, 7) is 0. The molecule has 0 saturated heterocycles. The standard InChI is InChI=1S/C73H54N2/c1-5-17-53(18-6-1)57-29-41-63(42-30-57)74(64-43-31-58(32-44-64)54-19-7-2-8-20-54)67-49-37-61(38-50-67)73(71-27-15-13-25-69(71)70-26-14-16-28-72(70)73)62-39-51-68(52-40-62)75(65-45-33-59(34-46-65)55-21-9-3-10-22-55)66-47-35-60(36-48-66)56-23-11-4-12-24-56/h1-39,41-52,62H,40H2. The molecule has 356 valence electrons. The molecule has 0 aliphatic heterocycles. The van der Waals surface area contributed by atoms with Crippen LogP contribution in [0.3, 0.4) is 0 Å². The first-order chi connectivity index (χ1) is 37.2. The van der Waals surface area contributed by atoms with Crippen molar-refractivity contribution in [3.05, 3.63) is 332 Å². The zero-order valence-electron chi connectivity index (χ0n) is 41.6. The van der Waals surface area contributed by atoms with E-state index in [-0.39, 0.29) is 5.92 Å². The second kappa shape index (κ2) is 19.8. The number of benzene rings is 11. The van der Waals surface area contributed by atoms with Gasteiger partial charge >= 0.3 is 0 Å². The minimum absolute atomic E-state index is 0.117. The van der Waals surface area contributed by atoms with Gasteiger partial charge < -0.3 is 9.80 Å². The SMILES string of the molecule is C1=CC(C2(c3ccc(N(c4ccc(-c5ccccc5)cc4)c4ccc(-c5ccccc5)cc4)cc3)c3ccccc3-c3ccccc32)CC=C1N(c1ccc(-c2ccccc2)cc1)c1ccc(-c2ccccc2)cc1. The van der Waals surface area contributed by atoms with Crippen LogP contribution in [0.15, 0.2) is 315 Å². The third-order valence-electron chi connectivity index (χ3n) is 15.4. The summed E-state index contributed by atoms with van der Waals surface area (Å²) in [6, 6.07) is 106. The van der Waals surface area contributed by atoms with Crippen LogP contribution in [0.1, 0.15) is 23.1 Å². The molecule has 0 amide bonds. The van der Waals surface area contributed by atoms with E-state index in [1.54, 1.807) is 0 Å². The molecular weight excluding hydrogens is 905 g/mol. The summed E-state index contributed by atoms with van der Waals surface area (Å²) in [4.78, 5) is 4.81. The molecule has 2 aliphatic rings. The molecule has 1 unspecified atom stereocenters. The maximum Gasteiger partial charge on any atom is 0.0529 e. The number of rotatable bonds is 12. The highest BCUT2D eigenvalue weighted by molar-refractivity contribution is 5.86. The number of anilines is 5. The van der Waals surface area contributed by atoms with Crippen LogP contribution in [-0.4, -0.2) is 0 Å². The highest BCUT2D eigenvalue weighted by Crippen LogP contribution is 2.58. The van der Waals surface area contributed by atoms with Gasteiger partial charge in [0.2, 0.25) is 0 Å². The van der Waals surface area contributed by atoms with E-state index in [0.717, 1.165) is 40.6 Å². The highest BCUT2D eigenvalue weighted by atomic mass is 15.1. The second-order valence-corrected chi connectivity index (χ2v) is 19.6. The highest BCUT2D eigenvalue weighted by Gasteiger charge is 2.49. The Balaban J connectivity index is 0.896. The normalized spacial score (nSPS) is 14.1. The molecule has 0 aromatic heterocycles. The topological polar surface area (TPSA) is 6.48 Å². The smallest absolute Gasteiger partial charge is 0.0529 e. The van der Waals surface area contributed by atoms with Gasteiger partial charge in [-0.15, -0.1) is 0 Å². The van der Waals surface area contributed by atoms with Gasteiger partial charge in [0, 0.05) is 34.1 Å². The van der Waals surface area contributed by atoms with Crippen LogP contribution >= 0.6 is 0 Å². The summed E-state index contributed by atoms with van der Waals surface area (Å²) in [5, 5.41) is 0. The maximum atomic E-state index is 2.50. The number of hydrogen-bond donors (Lipinski definition) is 0. The number of hydrogen-bond acceptors (Lipinski definition) is 2. The van der Waals surface area contributed by atoms with E-state index in [4.69, 9.17) is 0 Å². The van der Waals surface area contributed by atoms with Crippen LogP contribution in [0.5, 0.6) is 0 Å². The molecule has 0 saturated carbocycles. The van der Waals surface area contributed by atoms with Crippen LogP contribution in [0.4, 0.5) is 28.4 Å². The molecule has 11 aromatic rings. The van der Waals surface area contributed by atoms with Crippen molar-refractivity contribution in [2.45, 2.75) is 11.8 Å². The Labute approximate surface area is 441 Å². The Morgan fingerprint density at radius 3 is 0.907 bits per heavy atom. The first-order valence-electron chi connectivity index (χ1n) is 26.1. The molecule has 0 N–H and O–H groups in total. The lowest BCUT2D eigenvalue weighted by atomic mass is 9.62. The van der Waals surface area contributed by atoms with E-state index in [1.165, 1.54) is 72.3 Å². The van der Waals surface area contributed by atoms with Crippen molar-refractivity contribution >= 4 is 28.4 Å². The van der Waals surface area contributed by atoms with Crippen molar-refractivity contribution in [1.82, 2.24) is 0 Å². The molecule has 0 heterocycles. The van der Waals surface area contributed by atoms with Gasteiger partial charge in [0.15, 0.2) is 0 Å². The molecule has 1 atom stereocenters. The fraction of sp³-hybridized carbons (Fsp3) is 0.0411. The van der Waals surface area contributed by atoms with Gasteiger partial charge in [0.25, 0.3) is 0 Å². The quantitative estimate of drug-likeness (QED) is 0.120. The summed E-state index contributed by atoms with van der Waals surface area (Å²) in [5.41, 5.74) is 22.4. The minimum atomic E-state index is -0.455. The molecule has 0 spiro atoms. The molecular formula is C73H54N2. The van der Waals surface area contributed by atoms with Crippen LogP contribution in [0, 0.1) is 5.92 Å². The van der Waals surface area contributed by atoms with Crippen molar-refractivity contribution in [1.29, 1.82) is 0 Å². The first kappa shape index (κ1) is 45.4. The Morgan fingerprint density at radius 2 is 0.573 bits per heavy atom. The zero-order chi connectivity index (χ0) is 50.0. The molecule has 75 heavy (non-hydrogen) atoms. The Hall–Kier alpha value is -9.50. The van der Waals surface area contributed by atoms with Crippen LogP contribution in [-0.2, 0) is 5.41 Å². The van der Waals surface area contributed by atoms with Crippen molar-refractivity contribution in [2.75, 3.05) is 9.80 Å². The fourth-order valence-corrected chi connectivity index (χ4v) is 11.8. The summed E-state index contributed by atoms with van der Waals surface area (Å²) >= 11 is 0. The zero-order valence-corrected chi connectivity index (χ0v) is 41.6. The molecule has 0 radical (unpaired) electrons. The monoisotopic (exact) mass is 958 g/mol. The number of fused-ring (bicyclic) bond motifs is 3. The predicted octanol–water partition coefficient (Wildman–Crippen LogP) is 19.4. The van der Waals surface area contributed by atoms with Crippen LogP contribution in [0.2, 0.25) is 0 Å². The molecule has 2 aliphatic carbocycles. The van der Waals surface area contributed by atoms with E-state index in [0.29, 0.717) is 0 Å². The third-order valence-corrected chi connectivity index (χ3v) is 15.4. The molecule has 13 rings (SSSR count). The van der Waals surface area contributed by atoms with E-state index in [2.05, 4.69) is 319 Å². The van der Waals surface area contributed by atoms with Crippen LogP contribution in [0.25, 0.3) is 55.6 Å². The van der Waals surface area contributed by atoms with E-state index in [9.17, 15) is 0 Å². The minimum Gasteiger partial charge on any atom is -0.311 e. The largest absolute Gasteiger partial charge is 0.311 e. The second-order valence-electron chi connectivity index (χ2n) is 19.6. The van der Waals surface area contributed by atoms with Crippen molar-refractivity contribution in [3.8, 4) is 55.6 Å². The number of allylic oxidation sites excluding steroid dienone is 3. The average Bonchev–Trinajstić information content (AvgIpc) is 3.91. The van der Waals surface area contributed by atoms with Gasteiger partial charge in [-0.3, -0.25) is 0 Å². The Bertz CT molecular complexity index is 3580. The fourth-order valence-electron chi connectivity index (χ4n) is 11.8. The summed E-state index contributed by atoms with van der Waals surface area (Å²) in [7, 11) is 0. The summed E-state index contributed by atoms with van der Waals surface area (Å²) in [5.74, 6) is 0.117. The van der Waals surface area contributed by atoms with Gasteiger partial charge in [-0.2, -0.15) is 0 Å². The van der Waals surface area contributed by atoms with Crippen molar-refractivity contribution in [2.24, 2.45) is 5.92 Å². The molecule has 0 bridgehead atoms. The Morgan fingerprint density at radius 1 is 0.280 bits per heavy atom. The molecule has 2 nitrogen and oxygen atoms in total. The lowest BCUT2D eigenvalue weighted by molar-refractivity contribution is 0.456. The average molecular weight is 959 g/mol. The van der Waals surface area contributed by atoms with Gasteiger partial charge in [0.1, 0.15) is 0 Å². The predicted molar refractivity (Wildman–Crippen MR) is 315 cm³/mol. The van der Waals surface area contributed by atoms with Crippen molar-refractivity contribution < 1.29 is 0 Å². The van der Waals surface area contributed by atoms with E-state index < -0.39 is 5.41 Å². The Kier molecular flexibility index (Phi) is 12.0. The van der Waals surface area contributed by atoms with E-state index in [1.807, 2.05) is 0 Å². The van der Waals surface area contributed by atoms with Gasteiger partial charge in [-0.05, 0) is 151 Å². The third kappa shape index (κ3) is 8.47. The molecule has 11 aromatic carbocycles. The number of nitrogens with zero attached hydrogens (tertiary/aromatic N) is 2. The maximum absolute atomic E-state index is 2.50. The summed E-state index contributed by atoms with van der Waals surface area (Å²) in [6.07, 6.45) is 8.19. The molecule has 2 heteroatoms. The van der Waals surface area contributed by atoms with Crippen molar-refractivity contribution in [3.63, 3.8) is 0 Å². The lowest BCUT2D eigenvalue weighted by Crippen LogP contribution is -2.36. The summed E-state index contributed by atoms with van der Waals surface area (Å²) < 4.78 is 0.